The van der Waals surface area contributed by atoms with Crippen molar-refractivity contribution >= 4 is 23.2 Å². The summed E-state index contributed by atoms with van der Waals surface area (Å²) >= 11 is 12.3. The maximum atomic E-state index is 13.1. The van der Waals surface area contributed by atoms with Gasteiger partial charge in [0.15, 0.2) is 11.5 Å². The Kier molecular flexibility index (Phi) is 7.16. The third-order valence-corrected chi connectivity index (χ3v) is 4.08. The quantitative estimate of drug-likeness (QED) is 0.689. The molecule has 0 bridgehead atoms. The molecule has 0 saturated carbocycles. The second-order valence-corrected chi connectivity index (χ2v) is 5.94. The third-order valence-electron chi connectivity index (χ3n) is 3.38. The lowest BCUT2D eigenvalue weighted by atomic mass is 10.2. The molecule has 0 unspecified atom stereocenters. The van der Waals surface area contributed by atoms with E-state index in [9.17, 15) is 4.39 Å². The standard InChI is InChI=1S/C18H20Cl2FNO2/c1-3-22-10-13-7-17(23-4-2)18(9-16(13)20)24-11-12-5-6-14(21)8-15(12)19/h5-9,22H,3-4,10-11H2,1-2H3. The molecule has 0 amide bonds. The average molecular weight is 372 g/mol. The minimum absolute atomic E-state index is 0.197. The molecule has 0 aliphatic rings. The van der Waals surface area contributed by atoms with E-state index < -0.39 is 0 Å². The van der Waals surface area contributed by atoms with E-state index in [2.05, 4.69) is 5.32 Å². The van der Waals surface area contributed by atoms with Crippen LogP contribution in [-0.2, 0) is 13.2 Å². The van der Waals surface area contributed by atoms with E-state index in [1.165, 1.54) is 12.1 Å². The maximum Gasteiger partial charge on any atom is 0.163 e. The van der Waals surface area contributed by atoms with Gasteiger partial charge in [-0.1, -0.05) is 36.2 Å². The molecule has 6 heteroatoms. The summed E-state index contributed by atoms with van der Waals surface area (Å²) in [5.41, 5.74) is 1.63. The van der Waals surface area contributed by atoms with Gasteiger partial charge >= 0.3 is 0 Å². The Bertz CT molecular complexity index is 695. The van der Waals surface area contributed by atoms with E-state index in [1.807, 2.05) is 19.9 Å². The molecule has 130 valence electrons. The van der Waals surface area contributed by atoms with Gasteiger partial charge in [0.25, 0.3) is 0 Å². The molecule has 0 fully saturated rings. The summed E-state index contributed by atoms with van der Waals surface area (Å²) in [6.07, 6.45) is 0. The first-order valence-electron chi connectivity index (χ1n) is 7.77. The third kappa shape index (κ3) is 5.00. The van der Waals surface area contributed by atoms with Crippen molar-refractivity contribution < 1.29 is 13.9 Å². The normalized spacial score (nSPS) is 10.7. The Morgan fingerprint density at radius 2 is 1.67 bits per heavy atom. The number of benzene rings is 2. The SMILES string of the molecule is CCNCc1cc(OCC)c(OCc2ccc(F)cc2Cl)cc1Cl. The van der Waals surface area contributed by atoms with E-state index in [0.717, 1.165) is 12.1 Å². The molecule has 0 spiro atoms. The highest BCUT2D eigenvalue weighted by Crippen LogP contribution is 2.34. The van der Waals surface area contributed by atoms with Gasteiger partial charge < -0.3 is 14.8 Å². The molecule has 0 aliphatic heterocycles. The molecule has 0 saturated heterocycles. The van der Waals surface area contributed by atoms with Crippen molar-refractivity contribution in [2.24, 2.45) is 0 Å². The first-order chi connectivity index (χ1) is 11.5. The molecule has 2 aromatic carbocycles. The first-order valence-corrected chi connectivity index (χ1v) is 8.53. The molecular weight excluding hydrogens is 352 g/mol. The average Bonchev–Trinajstić information content (AvgIpc) is 2.55. The molecule has 0 atom stereocenters. The summed E-state index contributed by atoms with van der Waals surface area (Å²) in [7, 11) is 0. The smallest absolute Gasteiger partial charge is 0.163 e. The van der Waals surface area contributed by atoms with E-state index in [1.54, 1.807) is 12.1 Å². The van der Waals surface area contributed by atoms with Gasteiger partial charge in [-0.05, 0) is 37.2 Å². The van der Waals surface area contributed by atoms with Gasteiger partial charge in [-0.15, -0.1) is 0 Å². The lowest BCUT2D eigenvalue weighted by Crippen LogP contribution is -2.12. The van der Waals surface area contributed by atoms with Crippen molar-refractivity contribution in [3.63, 3.8) is 0 Å². The highest BCUT2D eigenvalue weighted by atomic mass is 35.5. The number of nitrogens with one attached hydrogen (secondary N) is 1. The van der Waals surface area contributed by atoms with Crippen LogP contribution in [0.4, 0.5) is 4.39 Å². The Morgan fingerprint density at radius 3 is 2.33 bits per heavy atom. The van der Waals surface area contributed by atoms with Gasteiger partial charge in [0.2, 0.25) is 0 Å². The van der Waals surface area contributed by atoms with Crippen LogP contribution in [0.2, 0.25) is 10.0 Å². The first kappa shape index (κ1) is 18.8. The van der Waals surface area contributed by atoms with Gasteiger partial charge in [0.05, 0.1) is 11.6 Å². The van der Waals surface area contributed by atoms with Gasteiger partial charge in [-0.2, -0.15) is 0 Å². The lowest BCUT2D eigenvalue weighted by molar-refractivity contribution is 0.269. The van der Waals surface area contributed by atoms with Crippen LogP contribution in [0, 0.1) is 5.82 Å². The predicted octanol–water partition coefficient (Wildman–Crippen LogP) is 5.22. The monoisotopic (exact) mass is 371 g/mol. The zero-order valence-corrected chi connectivity index (χ0v) is 15.2. The molecule has 0 aromatic heterocycles. The van der Waals surface area contributed by atoms with Crippen molar-refractivity contribution in [3.05, 3.63) is 57.3 Å². The van der Waals surface area contributed by atoms with Gasteiger partial charge in [-0.25, -0.2) is 4.39 Å². The largest absolute Gasteiger partial charge is 0.490 e. The minimum atomic E-state index is -0.380. The Morgan fingerprint density at radius 1 is 0.958 bits per heavy atom. The summed E-state index contributed by atoms with van der Waals surface area (Å²) in [4.78, 5) is 0. The summed E-state index contributed by atoms with van der Waals surface area (Å²) < 4.78 is 24.6. The van der Waals surface area contributed by atoms with Crippen LogP contribution in [0.25, 0.3) is 0 Å². The number of hydrogen-bond acceptors (Lipinski definition) is 3. The summed E-state index contributed by atoms with van der Waals surface area (Å²) in [5, 5.41) is 4.15. The molecule has 1 N–H and O–H groups in total. The summed E-state index contributed by atoms with van der Waals surface area (Å²) in [5.74, 6) is 0.769. The fraction of sp³-hybridized carbons (Fsp3) is 0.333. The molecule has 3 nitrogen and oxygen atoms in total. The number of ether oxygens (including phenoxy) is 2. The van der Waals surface area contributed by atoms with Crippen LogP contribution in [0.1, 0.15) is 25.0 Å². The summed E-state index contributed by atoms with van der Waals surface area (Å²) in [6.45, 7) is 6.14. The van der Waals surface area contributed by atoms with Crippen LogP contribution < -0.4 is 14.8 Å². The fourth-order valence-electron chi connectivity index (χ4n) is 2.15. The number of hydrogen-bond donors (Lipinski definition) is 1. The van der Waals surface area contributed by atoms with Crippen molar-refractivity contribution in [2.45, 2.75) is 27.0 Å². The maximum absolute atomic E-state index is 13.1. The molecule has 2 rings (SSSR count). The Labute approximate surface area is 151 Å². The van der Waals surface area contributed by atoms with Gasteiger partial charge in [0, 0.05) is 23.2 Å². The van der Waals surface area contributed by atoms with Gasteiger partial charge in [-0.3, -0.25) is 0 Å². The molecule has 0 radical (unpaired) electrons. The summed E-state index contributed by atoms with van der Waals surface area (Å²) in [6, 6.07) is 7.81. The minimum Gasteiger partial charge on any atom is -0.490 e. The van der Waals surface area contributed by atoms with E-state index in [-0.39, 0.29) is 12.4 Å². The van der Waals surface area contributed by atoms with Crippen LogP contribution in [0.5, 0.6) is 11.5 Å². The van der Waals surface area contributed by atoms with Crippen molar-refractivity contribution in [1.29, 1.82) is 0 Å². The molecular formula is C18H20Cl2FNO2. The highest BCUT2D eigenvalue weighted by molar-refractivity contribution is 6.31. The highest BCUT2D eigenvalue weighted by Gasteiger charge is 2.12. The van der Waals surface area contributed by atoms with Crippen molar-refractivity contribution in [3.8, 4) is 11.5 Å². The number of rotatable bonds is 8. The second-order valence-electron chi connectivity index (χ2n) is 5.13. The lowest BCUT2D eigenvalue weighted by Gasteiger charge is -2.15. The molecule has 0 aliphatic carbocycles. The van der Waals surface area contributed by atoms with Crippen LogP contribution in [-0.4, -0.2) is 13.2 Å². The van der Waals surface area contributed by atoms with Crippen LogP contribution in [0.15, 0.2) is 30.3 Å². The fourth-order valence-corrected chi connectivity index (χ4v) is 2.59. The van der Waals surface area contributed by atoms with Crippen molar-refractivity contribution in [2.75, 3.05) is 13.2 Å². The van der Waals surface area contributed by atoms with Crippen LogP contribution >= 0.6 is 23.2 Å². The van der Waals surface area contributed by atoms with E-state index in [4.69, 9.17) is 32.7 Å². The van der Waals surface area contributed by atoms with E-state index in [0.29, 0.717) is 40.3 Å². The zero-order chi connectivity index (χ0) is 17.5. The molecule has 24 heavy (non-hydrogen) atoms. The Balaban J connectivity index is 2.20. The topological polar surface area (TPSA) is 30.5 Å². The second kappa shape index (κ2) is 9.11. The number of halogens is 3. The zero-order valence-electron chi connectivity index (χ0n) is 13.7. The van der Waals surface area contributed by atoms with Crippen LogP contribution in [0.3, 0.4) is 0 Å². The molecule has 2 aromatic rings. The Hall–Kier alpha value is -1.49. The predicted molar refractivity (Wildman–Crippen MR) is 95.7 cm³/mol. The molecule has 0 heterocycles. The van der Waals surface area contributed by atoms with E-state index >= 15 is 0 Å². The van der Waals surface area contributed by atoms with Crippen molar-refractivity contribution in [1.82, 2.24) is 5.32 Å². The van der Waals surface area contributed by atoms with Gasteiger partial charge in [0.1, 0.15) is 12.4 Å².